The third-order valence-electron chi connectivity index (χ3n) is 3.01. The van der Waals surface area contributed by atoms with E-state index in [1.807, 2.05) is 13.8 Å². The van der Waals surface area contributed by atoms with Gasteiger partial charge in [0.15, 0.2) is 11.9 Å². The quantitative estimate of drug-likeness (QED) is 0.735. The highest BCUT2D eigenvalue weighted by Crippen LogP contribution is 2.23. The van der Waals surface area contributed by atoms with Crippen molar-refractivity contribution in [2.24, 2.45) is 5.73 Å². The molecule has 0 aliphatic carbocycles. The fourth-order valence-electron chi connectivity index (χ4n) is 1.88. The van der Waals surface area contributed by atoms with Crippen LogP contribution in [-0.4, -0.2) is 45.1 Å². The second kappa shape index (κ2) is 11.5. The molecule has 2 aromatic rings. The Bertz CT molecular complexity index is 758. The van der Waals surface area contributed by atoms with Crippen molar-refractivity contribution in [1.82, 2.24) is 14.3 Å². The lowest BCUT2D eigenvalue weighted by atomic mass is 10.2. The number of halogens is 4. The van der Waals surface area contributed by atoms with Crippen molar-refractivity contribution >= 4 is 17.9 Å². The van der Waals surface area contributed by atoms with Gasteiger partial charge in [-0.05, 0) is 31.3 Å². The predicted molar refractivity (Wildman–Crippen MR) is 96.5 cm³/mol. The molecule has 0 aliphatic rings. The lowest BCUT2D eigenvalue weighted by Gasteiger charge is -2.15. The maximum atomic E-state index is 12.5. The van der Waals surface area contributed by atoms with Gasteiger partial charge >= 0.3 is 11.9 Å². The number of carbonyl (C=O) groups is 1. The molecule has 3 N–H and O–H groups in total. The number of alkyl halides is 3. The molecule has 0 aliphatic heterocycles. The number of aliphatic hydroxyl groups is 1. The van der Waals surface area contributed by atoms with Crippen LogP contribution in [0.2, 0.25) is 5.02 Å². The highest BCUT2D eigenvalue weighted by molar-refractivity contribution is 6.30. The van der Waals surface area contributed by atoms with E-state index < -0.39 is 31.1 Å². The highest BCUT2D eigenvalue weighted by atomic mass is 35.5. The van der Waals surface area contributed by atoms with E-state index in [-0.39, 0.29) is 5.82 Å². The molecule has 0 fully saturated rings. The predicted octanol–water partition coefficient (Wildman–Crippen LogP) is 2.09. The molecular weight excluding hydrogens is 389 g/mol. The van der Waals surface area contributed by atoms with Crippen LogP contribution in [0.1, 0.15) is 13.8 Å². The number of aliphatic hydroxyl groups excluding tert-OH is 1. The Kier molecular flexibility index (Phi) is 10.6. The van der Waals surface area contributed by atoms with Gasteiger partial charge in [0.25, 0.3) is 0 Å². The first kappa shape index (κ1) is 24.8. The fourth-order valence-corrected chi connectivity index (χ4v) is 2.01. The van der Waals surface area contributed by atoms with Gasteiger partial charge in [0, 0.05) is 10.6 Å². The SMILES string of the molecule is CC.CN.O=CCn1nc(-c2ccc(Cl)cc2)n(CC(O)C(F)(F)F)c1=O. The first-order valence-electron chi connectivity index (χ1n) is 7.93. The first-order chi connectivity index (χ1) is 12.7. The molecule has 1 atom stereocenters. The fraction of sp³-hybridized carbons (Fsp3) is 0.438. The molecule has 1 heterocycles. The van der Waals surface area contributed by atoms with Crippen molar-refractivity contribution in [2.45, 2.75) is 39.2 Å². The number of carbonyl (C=O) groups excluding carboxylic acids is 1. The van der Waals surface area contributed by atoms with Gasteiger partial charge < -0.3 is 15.6 Å². The number of nitrogens with two attached hydrogens (primary N) is 1. The summed E-state index contributed by atoms with van der Waals surface area (Å²) in [5.74, 6) is -0.100. The van der Waals surface area contributed by atoms with E-state index in [1.54, 1.807) is 0 Å². The average molecular weight is 411 g/mol. The standard InChI is InChI=1S/C13H11ClF3N3O3.C2H6.CH5N/c14-9-3-1-8(2-4-9)11-18-20(5-6-21)12(23)19(11)7-10(22)13(15,16)17;2*1-2/h1-4,6,10,22H,5,7H2;1-2H3;2H2,1H3. The monoisotopic (exact) mass is 410 g/mol. The van der Waals surface area contributed by atoms with Crippen LogP contribution in [0.5, 0.6) is 0 Å². The van der Waals surface area contributed by atoms with E-state index in [0.717, 1.165) is 4.68 Å². The zero-order chi connectivity index (χ0) is 21.2. The summed E-state index contributed by atoms with van der Waals surface area (Å²) in [5.41, 5.74) is 3.90. The molecule has 11 heteroatoms. The van der Waals surface area contributed by atoms with Gasteiger partial charge in [0.05, 0.1) is 6.54 Å². The van der Waals surface area contributed by atoms with Crippen molar-refractivity contribution in [3.8, 4) is 11.4 Å². The van der Waals surface area contributed by atoms with E-state index in [1.165, 1.54) is 31.3 Å². The molecule has 0 saturated carbocycles. The molecule has 2 rings (SSSR count). The highest BCUT2D eigenvalue weighted by Gasteiger charge is 2.39. The second-order valence-corrected chi connectivity index (χ2v) is 5.07. The number of aldehydes is 1. The molecule has 1 aromatic heterocycles. The summed E-state index contributed by atoms with van der Waals surface area (Å²) in [6.45, 7) is 2.56. The van der Waals surface area contributed by atoms with Crippen LogP contribution >= 0.6 is 11.6 Å². The Morgan fingerprint density at radius 1 is 1.26 bits per heavy atom. The minimum atomic E-state index is -4.89. The zero-order valence-corrected chi connectivity index (χ0v) is 15.8. The molecule has 0 radical (unpaired) electrons. The maximum absolute atomic E-state index is 12.5. The lowest BCUT2D eigenvalue weighted by molar-refractivity contribution is -0.207. The summed E-state index contributed by atoms with van der Waals surface area (Å²) >= 11 is 5.74. The minimum Gasteiger partial charge on any atom is -0.382 e. The van der Waals surface area contributed by atoms with Crippen LogP contribution in [0.15, 0.2) is 29.1 Å². The third-order valence-corrected chi connectivity index (χ3v) is 3.26. The van der Waals surface area contributed by atoms with Crippen LogP contribution < -0.4 is 11.4 Å². The third kappa shape index (κ3) is 6.81. The Hall–Kier alpha value is -2.17. The first-order valence-corrected chi connectivity index (χ1v) is 8.31. The van der Waals surface area contributed by atoms with Gasteiger partial charge in [-0.2, -0.15) is 13.2 Å². The number of hydrogen-bond donors (Lipinski definition) is 2. The summed E-state index contributed by atoms with van der Waals surface area (Å²) < 4.78 is 39.0. The van der Waals surface area contributed by atoms with Crippen LogP contribution in [-0.2, 0) is 17.9 Å². The van der Waals surface area contributed by atoms with E-state index >= 15 is 0 Å². The van der Waals surface area contributed by atoms with Crippen molar-refractivity contribution in [3.63, 3.8) is 0 Å². The Morgan fingerprint density at radius 3 is 2.22 bits per heavy atom. The Balaban J connectivity index is 0.00000158. The van der Waals surface area contributed by atoms with Gasteiger partial charge in [0.1, 0.15) is 12.8 Å². The minimum absolute atomic E-state index is 0.100. The van der Waals surface area contributed by atoms with E-state index in [4.69, 9.17) is 11.6 Å². The summed E-state index contributed by atoms with van der Waals surface area (Å²) in [7, 11) is 1.50. The van der Waals surface area contributed by atoms with Crippen molar-refractivity contribution in [1.29, 1.82) is 0 Å². The molecule has 0 amide bonds. The Morgan fingerprint density at radius 2 is 1.78 bits per heavy atom. The van der Waals surface area contributed by atoms with E-state index in [2.05, 4.69) is 10.8 Å². The van der Waals surface area contributed by atoms with E-state index in [9.17, 15) is 27.9 Å². The summed E-state index contributed by atoms with van der Waals surface area (Å²) in [6, 6.07) is 5.88. The number of hydrogen-bond acceptors (Lipinski definition) is 5. The van der Waals surface area contributed by atoms with Gasteiger partial charge in [-0.1, -0.05) is 25.4 Å². The number of nitrogens with zero attached hydrogens (tertiary/aromatic N) is 3. The van der Waals surface area contributed by atoms with E-state index in [0.29, 0.717) is 21.4 Å². The normalized spacial score (nSPS) is 11.6. The summed E-state index contributed by atoms with van der Waals surface area (Å²) in [5, 5.41) is 13.4. The van der Waals surface area contributed by atoms with Crippen LogP contribution in [0.4, 0.5) is 13.2 Å². The summed E-state index contributed by atoms with van der Waals surface area (Å²) in [4.78, 5) is 22.6. The molecule has 1 aromatic carbocycles. The van der Waals surface area contributed by atoms with Gasteiger partial charge in [-0.3, -0.25) is 4.57 Å². The largest absolute Gasteiger partial charge is 0.416 e. The molecule has 0 bridgehead atoms. The maximum Gasteiger partial charge on any atom is 0.416 e. The second-order valence-electron chi connectivity index (χ2n) is 4.63. The molecular formula is C16H22ClF3N4O3. The van der Waals surface area contributed by atoms with Crippen molar-refractivity contribution in [3.05, 3.63) is 39.8 Å². The van der Waals surface area contributed by atoms with Gasteiger partial charge in [-0.15, -0.1) is 5.10 Å². The average Bonchev–Trinajstić information content (AvgIpc) is 2.95. The zero-order valence-electron chi connectivity index (χ0n) is 15.1. The summed E-state index contributed by atoms with van der Waals surface area (Å²) in [6.07, 6.45) is -7.23. The lowest BCUT2D eigenvalue weighted by Crippen LogP contribution is -2.37. The van der Waals surface area contributed by atoms with Crippen LogP contribution in [0, 0.1) is 0 Å². The van der Waals surface area contributed by atoms with Crippen molar-refractivity contribution < 1.29 is 23.1 Å². The molecule has 7 nitrogen and oxygen atoms in total. The van der Waals surface area contributed by atoms with Gasteiger partial charge in [-0.25, -0.2) is 9.48 Å². The smallest absolute Gasteiger partial charge is 0.382 e. The van der Waals surface area contributed by atoms with Crippen molar-refractivity contribution in [2.75, 3.05) is 7.05 Å². The Labute approximate surface area is 159 Å². The molecule has 152 valence electrons. The molecule has 0 spiro atoms. The number of benzene rings is 1. The number of rotatable bonds is 5. The van der Waals surface area contributed by atoms with Crippen LogP contribution in [0.3, 0.4) is 0 Å². The van der Waals surface area contributed by atoms with Gasteiger partial charge in [0.2, 0.25) is 0 Å². The molecule has 1 unspecified atom stereocenters. The topological polar surface area (TPSA) is 103 Å². The molecule has 27 heavy (non-hydrogen) atoms. The number of aromatic nitrogens is 3. The molecule has 0 saturated heterocycles. The van der Waals surface area contributed by atoms with Crippen LogP contribution in [0.25, 0.3) is 11.4 Å².